The Morgan fingerprint density at radius 1 is 1.24 bits per heavy atom. The number of aromatic nitrogens is 2. The van der Waals surface area contributed by atoms with Crippen molar-refractivity contribution in [1.29, 1.82) is 0 Å². The van der Waals surface area contributed by atoms with Gasteiger partial charge in [0.05, 0.1) is 0 Å². The van der Waals surface area contributed by atoms with Gasteiger partial charge in [-0.3, -0.25) is 0 Å². The fourth-order valence-corrected chi connectivity index (χ4v) is 2.79. The van der Waals surface area contributed by atoms with Crippen LogP contribution < -0.4 is 16.6 Å². The molecule has 1 aliphatic carbocycles. The van der Waals surface area contributed by atoms with Gasteiger partial charge in [-0.05, 0) is 38.0 Å². The maximum atomic E-state index is 5.48. The van der Waals surface area contributed by atoms with Crippen LogP contribution in [0, 0.1) is 11.8 Å². The second-order valence-corrected chi connectivity index (χ2v) is 5.95. The molecular formula is C15H27N5O. The van der Waals surface area contributed by atoms with Crippen molar-refractivity contribution in [3.05, 3.63) is 11.9 Å². The summed E-state index contributed by atoms with van der Waals surface area (Å²) in [6.45, 7) is 7.66. The van der Waals surface area contributed by atoms with Crippen molar-refractivity contribution in [2.75, 3.05) is 17.3 Å². The number of hydrogen-bond donors (Lipinski definition) is 3. The molecule has 6 heteroatoms. The zero-order valence-electron chi connectivity index (χ0n) is 13.2. The van der Waals surface area contributed by atoms with Crippen molar-refractivity contribution in [1.82, 2.24) is 9.97 Å². The molecular weight excluding hydrogens is 266 g/mol. The summed E-state index contributed by atoms with van der Waals surface area (Å²) >= 11 is 0. The highest BCUT2D eigenvalue weighted by atomic mass is 16.5. The Labute approximate surface area is 126 Å². The van der Waals surface area contributed by atoms with Gasteiger partial charge in [-0.25, -0.2) is 15.8 Å². The molecule has 21 heavy (non-hydrogen) atoms. The Morgan fingerprint density at radius 2 is 2.00 bits per heavy atom. The fraction of sp³-hybridized carbons (Fsp3) is 0.733. The first-order valence-corrected chi connectivity index (χ1v) is 7.81. The summed E-state index contributed by atoms with van der Waals surface area (Å²) in [5.74, 6) is 9.11. The Bertz CT molecular complexity index is 454. The van der Waals surface area contributed by atoms with Crippen molar-refractivity contribution < 1.29 is 4.74 Å². The van der Waals surface area contributed by atoms with Crippen LogP contribution in [0.2, 0.25) is 0 Å². The van der Waals surface area contributed by atoms with Gasteiger partial charge < -0.3 is 15.5 Å². The molecule has 1 saturated carbocycles. The Kier molecular flexibility index (Phi) is 5.76. The molecule has 0 saturated heterocycles. The molecule has 0 amide bonds. The van der Waals surface area contributed by atoms with Crippen LogP contribution in [-0.2, 0) is 11.3 Å². The predicted octanol–water partition coefficient (Wildman–Crippen LogP) is 2.54. The number of nitrogens with one attached hydrogen (secondary N) is 2. The molecule has 1 aliphatic rings. The van der Waals surface area contributed by atoms with Crippen LogP contribution in [0.4, 0.5) is 11.6 Å². The lowest BCUT2D eigenvalue weighted by molar-refractivity contribution is 0.128. The largest absolute Gasteiger partial charge is 0.374 e. The van der Waals surface area contributed by atoms with Gasteiger partial charge in [0.15, 0.2) is 5.82 Å². The van der Waals surface area contributed by atoms with Crippen molar-refractivity contribution in [2.45, 2.75) is 52.7 Å². The number of nitrogens with two attached hydrogens (primary N) is 1. The minimum absolute atomic E-state index is 0.402. The molecule has 0 spiro atoms. The van der Waals surface area contributed by atoms with Crippen LogP contribution in [0.25, 0.3) is 0 Å². The van der Waals surface area contributed by atoms with E-state index >= 15 is 0 Å². The summed E-state index contributed by atoms with van der Waals surface area (Å²) < 4.78 is 5.37. The zero-order valence-corrected chi connectivity index (χ0v) is 13.2. The van der Waals surface area contributed by atoms with E-state index in [-0.39, 0.29) is 0 Å². The number of nitrogens with zero attached hydrogens (tertiary/aromatic N) is 2. The van der Waals surface area contributed by atoms with E-state index in [2.05, 4.69) is 34.6 Å². The summed E-state index contributed by atoms with van der Waals surface area (Å²) in [6.07, 6.45) is 3.62. The van der Waals surface area contributed by atoms with E-state index in [1.165, 1.54) is 19.3 Å². The maximum absolute atomic E-state index is 5.48. The summed E-state index contributed by atoms with van der Waals surface area (Å²) in [5.41, 5.74) is 2.59. The second-order valence-electron chi connectivity index (χ2n) is 5.95. The van der Waals surface area contributed by atoms with Gasteiger partial charge in [0, 0.05) is 18.7 Å². The molecule has 1 heterocycles. The fourth-order valence-electron chi connectivity index (χ4n) is 2.79. The quantitative estimate of drug-likeness (QED) is 0.552. The number of ether oxygens (including phenoxy) is 1. The molecule has 1 aromatic rings. The first-order valence-electron chi connectivity index (χ1n) is 7.81. The monoisotopic (exact) mass is 293 g/mol. The van der Waals surface area contributed by atoms with Crippen molar-refractivity contribution in [2.24, 2.45) is 17.7 Å². The minimum Gasteiger partial charge on any atom is -0.374 e. The standard InChI is InChI=1S/C15H27N5O/c1-4-21-9-15-18-13(8-14(19-15)20-16)17-12-6-5-10(2)11(3)7-12/h8,10-12H,4-7,9,16H2,1-3H3,(H2,17,18,19,20). The highest BCUT2D eigenvalue weighted by Gasteiger charge is 2.24. The van der Waals surface area contributed by atoms with Crippen LogP contribution in [0.1, 0.15) is 45.9 Å². The van der Waals surface area contributed by atoms with E-state index in [1.807, 2.05) is 13.0 Å². The third-order valence-corrected chi connectivity index (χ3v) is 4.31. The van der Waals surface area contributed by atoms with Gasteiger partial charge in [-0.15, -0.1) is 0 Å². The van der Waals surface area contributed by atoms with Crippen LogP contribution in [0.15, 0.2) is 6.07 Å². The molecule has 6 nitrogen and oxygen atoms in total. The van der Waals surface area contributed by atoms with Gasteiger partial charge >= 0.3 is 0 Å². The molecule has 3 atom stereocenters. The van der Waals surface area contributed by atoms with E-state index < -0.39 is 0 Å². The lowest BCUT2D eigenvalue weighted by Crippen LogP contribution is -2.30. The van der Waals surface area contributed by atoms with E-state index in [9.17, 15) is 0 Å². The van der Waals surface area contributed by atoms with Crippen LogP contribution in [0.3, 0.4) is 0 Å². The average molecular weight is 293 g/mol. The Morgan fingerprint density at radius 3 is 2.67 bits per heavy atom. The molecule has 0 bridgehead atoms. The average Bonchev–Trinajstić information content (AvgIpc) is 2.48. The van der Waals surface area contributed by atoms with Crippen LogP contribution >= 0.6 is 0 Å². The molecule has 3 unspecified atom stereocenters. The SMILES string of the molecule is CCOCc1nc(NN)cc(NC2CCC(C)C(C)C2)n1. The normalized spacial score (nSPS) is 25.6. The molecule has 1 fully saturated rings. The number of hydrogen-bond acceptors (Lipinski definition) is 6. The van der Waals surface area contributed by atoms with Gasteiger partial charge in [-0.2, -0.15) is 0 Å². The van der Waals surface area contributed by atoms with Crippen LogP contribution in [0.5, 0.6) is 0 Å². The highest BCUT2D eigenvalue weighted by Crippen LogP contribution is 2.31. The second kappa shape index (κ2) is 7.56. The molecule has 1 aromatic heterocycles. The minimum atomic E-state index is 0.402. The molecule has 0 aromatic carbocycles. The first kappa shape index (κ1) is 16.0. The van der Waals surface area contributed by atoms with E-state index in [0.29, 0.717) is 30.9 Å². The first-order chi connectivity index (χ1) is 10.1. The summed E-state index contributed by atoms with van der Waals surface area (Å²) in [7, 11) is 0. The lowest BCUT2D eigenvalue weighted by Gasteiger charge is -2.32. The van der Waals surface area contributed by atoms with Crippen molar-refractivity contribution in [3.8, 4) is 0 Å². The molecule has 4 N–H and O–H groups in total. The highest BCUT2D eigenvalue weighted by molar-refractivity contribution is 5.47. The van der Waals surface area contributed by atoms with Crippen molar-refractivity contribution >= 4 is 11.6 Å². The topological polar surface area (TPSA) is 85.1 Å². The summed E-state index contributed by atoms with van der Waals surface area (Å²) in [4.78, 5) is 8.81. The predicted molar refractivity (Wildman–Crippen MR) is 84.8 cm³/mol. The zero-order chi connectivity index (χ0) is 15.2. The van der Waals surface area contributed by atoms with Gasteiger partial charge in [0.1, 0.15) is 18.2 Å². The number of rotatable bonds is 6. The molecule has 2 rings (SSSR count). The molecule has 0 radical (unpaired) electrons. The lowest BCUT2D eigenvalue weighted by atomic mass is 9.79. The Balaban J connectivity index is 2.04. The van der Waals surface area contributed by atoms with E-state index in [0.717, 1.165) is 17.7 Å². The number of anilines is 2. The maximum Gasteiger partial charge on any atom is 0.158 e. The van der Waals surface area contributed by atoms with Crippen molar-refractivity contribution in [3.63, 3.8) is 0 Å². The van der Waals surface area contributed by atoms with Gasteiger partial charge in [-0.1, -0.05) is 13.8 Å². The van der Waals surface area contributed by atoms with E-state index in [4.69, 9.17) is 10.6 Å². The summed E-state index contributed by atoms with van der Waals surface area (Å²) in [6, 6.07) is 2.31. The van der Waals surface area contributed by atoms with E-state index in [1.54, 1.807) is 0 Å². The third kappa shape index (κ3) is 4.54. The Hall–Kier alpha value is -1.40. The van der Waals surface area contributed by atoms with Gasteiger partial charge in [0.25, 0.3) is 0 Å². The number of hydrazine groups is 1. The molecule has 0 aliphatic heterocycles. The smallest absolute Gasteiger partial charge is 0.158 e. The van der Waals surface area contributed by atoms with Gasteiger partial charge in [0.2, 0.25) is 0 Å². The summed E-state index contributed by atoms with van der Waals surface area (Å²) in [5, 5.41) is 3.52. The van der Waals surface area contributed by atoms with Crippen LogP contribution in [-0.4, -0.2) is 22.6 Å². The third-order valence-electron chi connectivity index (χ3n) is 4.31. The molecule has 118 valence electrons. The number of nitrogen functional groups attached to an aromatic ring is 1.